The molecule has 2 aliphatic rings. The van der Waals surface area contributed by atoms with Crippen LogP contribution in [0.2, 0.25) is 0 Å². The first-order valence-corrected chi connectivity index (χ1v) is 12.2. The lowest BCUT2D eigenvalue weighted by Gasteiger charge is -2.45. The van der Waals surface area contributed by atoms with Gasteiger partial charge in [-0.05, 0) is 37.9 Å². The number of pyridine rings is 1. The summed E-state index contributed by atoms with van der Waals surface area (Å²) in [5, 5.41) is 4.15. The maximum Gasteiger partial charge on any atom is 0.188 e. The molecule has 6 nitrogen and oxygen atoms in total. The maximum atomic E-state index is 15.8. The van der Waals surface area contributed by atoms with Crippen LogP contribution in [0.15, 0.2) is 36.5 Å². The number of hydrogen-bond donors (Lipinski definition) is 2. The summed E-state index contributed by atoms with van der Waals surface area (Å²) >= 11 is 0. The van der Waals surface area contributed by atoms with Crippen LogP contribution in [0.4, 0.5) is 13.2 Å². The van der Waals surface area contributed by atoms with Gasteiger partial charge in [0.1, 0.15) is 12.3 Å². The highest BCUT2D eigenvalue weighted by Crippen LogP contribution is 2.43. The Morgan fingerprint density at radius 2 is 2.09 bits per heavy atom. The normalized spacial score (nSPS) is 21.6. The van der Waals surface area contributed by atoms with Gasteiger partial charge in [0.2, 0.25) is 0 Å². The first-order chi connectivity index (χ1) is 17.0. The third-order valence-electron chi connectivity index (χ3n) is 6.87. The lowest BCUT2D eigenvalue weighted by atomic mass is 9.88. The van der Waals surface area contributed by atoms with Crippen LogP contribution >= 0.6 is 0 Å². The number of aromatic nitrogens is 2. The van der Waals surface area contributed by atoms with Gasteiger partial charge in [-0.25, -0.2) is 8.78 Å². The lowest BCUT2D eigenvalue weighted by Crippen LogP contribution is -2.57. The predicted molar refractivity (Wildman–Crippen MR) is 128 cm³/mol. The molecular formula is C26H31F3N4O2. The first kappa shape index (κ1) is 24.1. The highest BCUT2D eigenvalue weighted by atomic mass is 19.1. The van der Waals surface area contributed by atoms with E-state index in [1.807, 2.05) is 30.0 Å². The van der Waals surface area contributed by atoms with E-state index in [4.69, 9.17) is 9.47 Å². The zero-order valence-electron chi connectivity index (χ0n) is 19.8. The third-order valence-corrected chi connectivity index (χ3v) is 6.87. The molecule has 4 heterocycles. The summed E-state index contributed by atoms with van der Waals surface area (Å²) in [5.41, 5.74) is 1.65. The minimum absolute atomic E-state index is 0.0367. The Hall–Kier alpha value is -2.62. The van der Waals surface area contributed by atoms with Crippen molar-refractivity contribution in [2.24, 2.45) is 0 Å². The molecule has 2 aliphatic heterocycles. The number of H-pyrrole nitrogens is 1. The second-order valence-corrected chi connectivity index (χ2v) is 9.48. The average Bonchev–Trinajstić information content (AvgIpc) is 3.20. The van der Waals surface area contributed by atoms with E-state index in [2.05, 4.69) is 21.4 Å². The molecular weight excluding hydrogens is 457 g/mol. The molecule has 5 rings (SSSR count). The second-order valence-electron chi connectivity index (χ2n) is 9.48. The van der Waals surface area contributed by atoms with Crippen LogP contribution in [0.25, 0.3) is 10.9 Å². The summed E-state index contributed by atoms with van der Waals surface area (Å²) in [6, 6.07) is 8.86. The van der Waals surface area contributed by atoms with Gasteiger partial charge in [-0.2, -0.15) is 0 Å². The van der Waals surface area contributed by atoms with Gasteiger partial charge < -0.3 is 19.8 Å². The van der Waals surface area contributed by atoms with Crippen molar-refractivity contribution < 1.29 is 22.6 Å². The Labute approximate surface area is 202 Å². The van der Waals surface area contributed by atoms with Gasteiger partial charge in [0.05, 0.1) is 25.9 Å². The smallest absolute Gasteiger partial charge is 0.188 e. The number of hydrogen-bond acceptors (Lipinski definition) is 5. The number of fused-ring (bicyclic) bond motifs is 3. The van der Waals surface area contributed by atoms with E-state index in [0.29, 0.717) is 19.5 Å². The van der Waals surface area contributed by atoms with Crippen molar-refractivity contribution in [3.63, 3.8) is 0 Å². The minimum Gasteiger partial charge on any atom is -0.489 e. The molecule has 1 fully saturated rings. The van der Waals surface area contributed by atoms with E-state index < -0.39 is 17.5 Å². The monoisotopic (exact) mass is 488 g/mol. The summed E-state index contributed by atoms with van der Waals surface area (Å²) in [6.07, 6.45) is 2.67. The molecule has 0 unspecified atom stereocenters. The molecule has 188 valence electrons. The minimum atomic E-state index is -1.47. The molecule has 35 heavy (non-hydrogen) atoms. The zero-order chi connectivity index (χ0) is 24.4. The molecule has 3 aromatic rings. The van der Waals surface area contributed by atoms with Gasteiger partial charge in [-0.3, -0.25) is 14.3 Å². The van der Waals surface area contributed by atoms with Crippen LogP contribution in [-0.2, 0) is 11.2 Å². The van der Waals surface area contributed by atoms with Gasteiger partial charge in [-0.15, -0.1) is 0 Å². The summed E-state index contributed by atoms with van der Waals surface area (Å²) in [7, 11) is 0. The van der Waals surface area contributed by atoms with E-state index in [0.717, 1.165) is 28.6 Å². The molecule has 1 saturated heterocycles. The van der Waals surface area contributed by atoms with Gasteiger partial charge in [-0.1, -0.05) is 18.2 Å². The number of nitrogens with one attached hydrogen (secondary N) is 2. The van der Waals surface area contributed by atoms with Crippen molar-refractivity contribution in [3.8, 4) is 5.75 Å². The Bertz CT molecular complexity index is 1170. The highest BCUT2D eigenvalue weighted by molar-refractivity contribution is 5.85. The van der Waals surface area contributed by atoms with Crippen LogP contribution in [-0.4, -0.2) is 72.7 Å². The predicted octanol–water partition coefficient (Wildman–Crippen LogP) is 4.10. The quantitative estimate of drug-likeness (QED) is 0.421. The summed E-state index contributed by atoms with van der Waals surface area (Å²) in [4.78, 5) is 9.90. The fourth-order valence-electron chi connectivity index (χ4n) is 5.08. The lowest BCUT2D eigenvalue weighted by molar-refractivity contribution is -0.148. The molecule has 0 saturated carbocycles. The SMILES string of the molecule is C[C@@H]1Cc2c([nH]c3ccccc23)[C@@H](c2nccc(OCCNCCCF)c2F)N1CC1(F)COC1. The maximum absolute atomic E-state index is 15.8. The number of benzene rings is 1. The number of aromatic amines is 1. The molecule has 0 spiro atoms. The van der Waals surface area contributed by atoms with E-state index in [1.165, 1.54) is 12.3 Å². The van der Waals surface area contributed by atoms with Gasteiger partial charge >= 0.3 is 0 Å². The van der Waals surface area contributed by atoms with Crippen LogP contribution in [0, 0.1) is 5.82 Å². The number of halogens is 3. The Morgan fingerprint density at radius 3 is 2.86 bits per heavy atom. The second kappa shape index (κ2) is 10.2. The number of para-hydroxylation sites is 1. The Balaban J connectivity index is 1.49. The highest BCUT2D eigenvalue weighted by Gasteiger charge is 2.46. The van der Waals surface area contributed by atoms with Crippen molar-refractivity contribution in [2.75, 3.05) is 46.1 Å². The summed E-state index contributed by atoms with van der Waals surface area (Å²) in [6.45, 7) is 3.11. The number of rotatable bonds is 10. The molecule has 1 aromatic carbocycles. The first-order valence-electron chi connectivity index (χ1n) is 12.2. The number of nitrogens with zero attached hydrogens (tertiary/aromatic N) is 2. The molecule has 2 N–H and O–H groups in total. The molecule has 0 amide bonds. The molecule has 2 atom stereocenters. The number of ether oxygens (including phenoxy) is 2. The van der Waals surface area contributed by atoms with Crippen molar-refractivity contribution in [1.29, 1.82) is 0 Å². The van der Waals surface area contributed by atoms with Crippen LogP contribution in [0.1, 0.15) is 36.3 Å². The average molecular weight is 489 g/mol. The van der Waals surface area contributed by atoms with Gasteiger partial charge in [0.15, 0.2) is 17.2 Å². The summed E-state index contributed by atoms with van der Waals surface area (Å²) < 4.78 is 54.2. The van der Waals surface area contributed by atoms with Crippen molar-refractivity contribution in [1.82, 2.24) is 20.2 Å². The fourth-order valence-corrected chi connectivity index (χ4v) is 5.08. The molecule has 0 radical (unpaired) electrons. The van der Waals surface area contributed by atoms with E-state index in [1.54, 1.807) is 0 Å². The fraction of sp³-hybridized carbons (Fsp3) is 0.500. The molecule has 9 heteroatoms. The number of alkyl halides is 2. The topological polar surface area (TPSA) is 62.4 Å². The van der Waals surface area contributed by atoms with Gasteiger partial charge in [0.25, 0.3) is 0 Å². The molecule has 0 bridgehead atoms. The largest absolute Gasteiger partial charge is 0.489 e. The van der Waals surface area contributed by atoms with Crippen LogP contribution in [0.5, 0.6) is 5.75 Å². The van der Waals surface area contributed by atoms with E-state index in [-0.39, 0.29) is 50.5 Å². The molecule has 0 aliphatic carbocycles. The van der Waals surface area contributed by atoms with E-state index >= 15 is 8.78 Å². The third kappa shape index (κ3) is 4.77. The summed E-state index contributed by atoms with van der Waals surface area (Å²) in [5.74, 6) is -0.456. The zero-order valence-corrected chi connectivity index (χ0v) is 19.8. The molecule has 2 aromatic heterocycles. The van der Waals surface area contributed by atoms with E-state index in [9.17, 15) is 4.39 Å². The van der Waals surface area contributed by atoms with Crippen molar-refractivity contribution in [3.05, 3.63) is 59.3 Å². The van der Waals surface area contributed by atoms with Gasteiger partial charge in [0, 0.05) is 48.0 Å². The van der Waals surface area contributed by atoms with Crippen LogP contribution in [0.3, 0.4) is 0 Å². The van der Waals surface area contributed by atoms with Crippen LogP contribution < -0.4 is 10.1 Å². The Morgan fingerprint density at radius 1 is 1.26 bits per heavy atom. The Kier molecular flexibility index (Phi) is 7.00. The van der Waals surface area contributed by atoms with Crippen molar-refractivity contribution >= 4 is 10.9 Å². The van der Waals surface area contributed by atoms with Crippen molar-refractivity contribution in [2.45, 2.75) is 37.5 Å². The standard InChI is InChI=1S/C26H31F3N4O2/c1-17-13-19-18-5-2-3-6-20(18)32-23(19)25(33(17)14-26(29)15-34-16-26)24-22(28)21(7-10-31-24)35-12-11-30-9-4-8-27/h2-3,5-7,10,17,25,30,32H,4,8-9,11-16H2,1H3/t17-,25+/m1/s1.